The number of piperazine rings is 1. The van der Waals surface area contributed by atoms with E-state index in [0.29, 0.717) is 13.2 Å². The second-order valence-corrected chi connectivity index (χ2v) is 2.69. The molecule has 1 rings (SSSR count). The van der Waals surface area contributed by atoms with Crippen molar-refractivity contribution < 1.29 is 19.1 Å². The van der Waals surface area contributed by atoms with E-state index in [-0.39, 0.29) is 11.8 Å². The van der Waals surface area contributed by atoms with Gasteiger partial charge in [-0.3, -0.25) is 9.59 Å². The Morgan fingerprint density at radius 2 is 1.36 bits per heavy atom. The molecule has 6 heteroatoms. The van der Waals surface area contributed by atoms with E-state index < -0.39 is 12.5 Å². The minimum atomic E-state index is -0.899. The Bertz CT molecular complexity index is 207. The molecule has 0 aromatic rings. The van der Waals surface area contributed by atoms with Crippen LogP contribution in [0.5, 0.6) is 0 Å². The van der Waals surface area contributed by atoms with Crippen LogP contribution in [0.15, 0.2) is 0 Å². The second-order valence-electron chi connectivity index (χ2n) is 2.69. The van der Waals surface area contributed by atoms with Crippen LogP contribution in [0.2, 0.25) is 0 Å². The molecule has 0 saturated carbocycles. The maximum absolute atomic E-state index is 11.3. The zero-order valence-corrected chi connectivity index (χ0v) is 8.20. The number of rotatable bonds is 4. The lowest BCUT2D eigenvalue weighted by atomic mass is 10.3. The van der Waals surface area contributed by atoms with Gasteiger partial charge >= 0.3 is 0 Å². The van der Waals surface area contributed by atoms with Crippen molar-refractivity contribution in [1.29, 1.82) is 0 Å². The van der Waals surface area contributed by atoms with Gasteiger partial charge in [0.05, 0.1) is 0 Å². The predicted molar refractivity (Wildman–Crippen MR) is 47.1 cm³/mol. The molecule has 0 radical (unpaired) electrons. The predicted octanol–water partition coefficient (Wildman–Crippen LogP) is -1.04. The van der Waals surface area contributed by atoms with Gasteiger partial charge in [-0.1, -0.05) is 0 Å². The summed E-state index contributed by atoms with van der Waals surface area (Å²) in [6.45, 7) is 4.21. The standard InChI is InChI=1S/C8H14N2O4/c1-3-13-7-5(11)10-8(14-4-2)6(12)9-7/h7-8H,3-4H2,1-2H3,(H,9,12)(H,10,11). The summed E-state index contributed by atoms with van der Waals surface area (Å²) in [5, 5.41) is 4.81. The normalized spacial score (nSPS) is 27.0. The molecule has 1 aliphatic heterocycles. The van der Waals surface area contributed by atoms with E-state index in [4.69, 9.17) is 9.47 Å². The van der Waals surface area contributed by atoms with Gasteiger partial charge in [0, 0.05) is 13.2 Å². The van der Waals surface area contributed by atoms with Crippen LogP contribution in [-0.4, -0.2) is 37.5 Å². The Morgan fingerprint density at radius 1 is 1.00 bits per heavy atom. The molecule has 1 aliphatic rings. The molecule has 1 heterocycles. The summed E-state index contributed by atoms with van der Waals surface area (Å²) < 4.78 is 9.98. The van der Waals surface area contributed by atoms with Gasteiger partial charge in [0.1, 0.15) is 0 Å². The van der Waals surface area contributed by atoms with Crippen LogP contribution in [0.3, 0.4) is 0 Å². The van der Waals surface area contributed by atoms with Crippen LogP contribution in [0.1, 0.15) is 13.8 Å². The fraction of sp³-hybridized carbons (Fsp3) is 0.750. The molecule has 0 spiro atoms. The van der Waals surface area contributed by atoms with Gasteiger partial charge in [-0.05, 0) is 13.8 Å². The van der Waals surface area contributed by atoms with E-state index in [2.05, 4.69) is 10.6 Å². The SMILES string of the molecule is CCOC1NC(=O)C(OCC)NC1=O. The average Bonchev–Trinajstić information content (AvgIpc) is 2.14. The van der Waals surface area contributed by atoms with Gasteiger partial charge in [-0.15, -0.1) is 0 Å². The Labute approximate surface area is 81.9 Å². The highest BCUT2D eigenvalue weighted by Gasteiger charge is 2.34. The summed E-state index contributed by atoms with van der Waals surface area (Å²) in [7, 11) is 0. The fourth-order valence-corrected chi connectivity index (χ4v) is 1.11. The fourth-order valence-electron chi connectivity index (χ4n) is 1.11. The van der Waals surface area contributed by atoms with Crippen LogP contribution < -0.4 is 10.6 Å². The Kier molecular flexibility index (Phi) is 3.84. The molecule has 1 fully saturated rings. The van der Waals surface area contributed by atoms with Crippen molar-refractivity contribution in [3.05, 3.63) is 0 Å². The molecule has 6 nitrogen and oxygen atoms in total. The first-order valence-electron chi connectivity index (χ1n) is 4.53. The third-order valence-corrected chi connectivity index (χ3v) is 1.69. The zero-order chi connectivity index (χ0) is 10.6. The van der Waals surface area contributed by atoms with Crippen LogP contribution >= 0.6 is 0 Å². The van der Waals surface area contributed by atoms with Crippen LogP contribution in [0.4, 0.5) is 0 Å². The summed E-state index contributed by atoms with van der Waals surface area (Å²) >= 11 is 0. The number of carbonyl (C=O) groups excluding carboxylic acids is 2. The first-order valence-corrected chi connectivity index (χ1v) is 4.53. The third-order valence-electron chi connectivity index (χ3n) is 1.69. The highest BCUT2D eigenvalue weighted by molar-refractivity contribution is 5.95. The number of ether oxygens (including phenoxy) is 2. The summed E-state index contributed by atoms with van der Waals surface area (Å²) in [5.41, 5.74) is 0. The summed E-state index contributed by atoms with van der Waals surface area (Å²) in [6.07, 6.45) is -1.80. The number of hydrogen-bond donors (Lipinski definition) is 2. The van der Waals surface area contributed by atoms with Crippen molar-refractivity contribution in [1.82, 2.24) is 10.6 Å². The smallest absolute Gasteiger partial charge is 0.272 e. The van der Waals surface area contributed by atoms with Crippen molar-refractivity contribution >= 4 is 11.8 Å². The van der Waals surface area contributed by atoms with Crippen molar-refractivity contribution in [2.45, 2.75) is 26.3 Å². The van der Waals surface area contributed by atoms with Gasteiger partial charge < -0.3 is 20.1 Å². The molecule has 2 amide bonds. The summed E-state index contributed by atoms with van der Waals surface area (Å²) in [4.78, 5) is 22.6. The number of hydrogen-bond acceptors (Lipinski definition) is 4. The van der Waals surface area contributed by atoms with E-state index in [1.54, 1.807) is 13.8 Å². The maximum atomic E-state index is 11.3. The molecule has 0 aromatic carbocycles. The first-order chi connectivity index (χ1) is 6.69. The lowest BCUT2D eigenvalue weighted by Gasteiger charge is -2.28. The average molecular weight is 202 g/mol. The van der Waals surface area contributed by atoms with Crippen molar-refractivity contribution in [3.8, 4) is 0 Å². The molecule has 2 unspecified atom stereocenters. The van der Waals surface area contributed by atoms with Crippen LogP contribution in [0.25, 0.3) is 0 Å². The molecular weight excluding hydrogens is 188 g/mol. The molecular formula is C8H14N2O4. The van der Waals surface area contributed by atoms with Crippen molar-refractivity contribution in [2.75, 3.05) is 13.2 Å². The minimum Gasteiger partial charge on any atom is -0.350 e. The monoisotopic (exact) mass is 202 g/mol. The molecule has 1 saturated heterocycles. The van der Waals surface area contributed by atoms with E-state index in [0.717, 1.165) is 0 Å². The van der Waals surface area contributed by atoms with E-state index in [9.17, 15) is 9.59 Å². The number of nitrogens with one attached hydrogen (secondary N) is 2. The van der Waals surface area contributed by atoms with Crippen LogP contribution in [-0.2, 0) is 19.1 Å². The largest absolute Gasteiger partial charge is 0.350 e. The highest BCUT2D eigenvalue weighted by atomic mass is 16.5. The van der Waals surface area contributed by atoms with E-state index >= 15 is 0 Å². The second kappa shape index (κ2) is 4.92. The minimum absolute atomic E-state index is 0.359. The third kappa shape index (κ3) is 2.43. The molecule has 0 aliphatic carbocycles. The van der Waals surface area contributed by atoms with E-state index in [1.807, 2.05) is 0 Å². The Hall–Kier alpha value is -1.14. The molecule has 80 valence electrons. The van der Waals surface area contributed by atoms with Crippen LogP contribution in [0, 0.1) is 0 Å². The first kappa shape index (κ1) is 10.9. The Balaban J connectivity index is 2.53. The zero-order valence-electron chi connectivity index (χ0n) is 8.20. The summed E-state index contributed by atoms with van der Waals surface area (Å²) in [6, 6.07) is 0. The number of amides is 2. The van der Waals surface area contributed by atoms with Gasteiger partial charge in [0.25, 0.3) is 11.8 Å². The molecule has 0 bridgehead atoms. The van der Waals surface area contributed by atoms with Gasteiger partial charge in [0.15, 0.2) is 0 Å². The topological polar surface area (TPSA) is 76.7 Å². The molecule has 0 aromatic heterocycles. The van der Waals surface area contributed by atoms with Gasteiger partial charge in [-0.2, -0.15) is 0 Å². The summed E-state index contributed by atoms with van der Waals surface area (Å²) in [5.74, 6) is -0.769. The quantitative estimate of drug-likeness (QED) is 0.610. The Morgan fingerprint density at radius 3 is 1.64 bits per heavy atom. The highest BCUT2D eigenvalue weighted by Crippen LogP contribution is 2.00. The lowest BCUT2D eigenvalue weighted by molar-refractivity contribution is -0.159. The molecule has 14 heavy (non-hydrogen) atoms. The lowest BCUT2D eigenvalue weighted by Crippen LogP contribution is -2.63. The molecule has 2 atom stereocenters. The van der Waals surface area contributed by atoms with E-state index in [1.165, 1.54) is 0 Å². The van der Waals surface area contributed by atoms with Gasteiger partial charge in [-0.25, -0.2) is 0 Å². The molecule has 2 N–H and O–H groups in total. The van der Waals surface area contributed by atoms with Crippen molar-refractivity contribution in [3.63, 3.8) is 0 Å². The van der Waals surface area contributed by atoms with Gasteiger partial charge in [0.2, 0.25) is 12.5 Å². The maximum Gasteiger partial charge on any atom is 0.272 e. The number of carbonyl (C=O) groups is 2. The van der Waals surface area contributed by atoms with Crippen molar-refractivity contribution in [2.24, 2.45) is 0 Å².